The van der Waals surface area contributed by atoms with Crippen molar-refractivity contribution in [1.82, 2.24) is 10.2 Å². The molecule has 0 saturated carbocycles. The number of hydrogen-bond donors (Lipinski definition) is 2. The van der Waals surface area contributed by atoms with Crippen LogP contribution in [0.3, 0.4) is 0 Å². The first-order valence-electron chi connectivity index (χ1n) is 4.87. The Hall–Kier alpha value is -1.55. The van der Waals surface area contributed by atoms with E-state index < -0.39 is 5.82 Å². The smallest absolute Gasteiger partial charge is 0.141 e. The summed E-state index contributed by atoms with van der Waals surface area (Å²) < 4.78 is 13.0. The maximum atomic E-state index is 13.0. The van der Waals surface area contributed by atoms with Gasteiger partial charge in [0.05, 0.1) is 16.9 Å². The van der Waals surface area contributed by atoms with E-state index in [9.17, 15) is 4.39 Å². The normalized spacial score (nSPS) is 12.4. The van der Waals surface area contributed by atoms with Crippen molar-refractivity contribution in [2.45, 2.75) is 13.0 Å². The second-order valence-corrected chi connectivity index (χ2v) is 3.93. The fourth-order valence-electron chi connectivity index (χ4n) is 1.44. The molecular formula is C11H11ClFN3. The summed E-state index contributed by atoms with van der Waals surface area (Å²) in [5, 5.41) is 9.88. The fraction of sp³-hybridized carbons (Fsp3) is 0.182. The van der Waals surface area contributed by atoms with Crippen molar-refractivity contribution in [3.63, 3.8) is 0 Å². The summed E-state index contributed by atoms with van der Waals surface area (Å²) in [7, 11) is 0. The predicted molar refractivity (Wildman–Crippen MR) is 62.0 cm³/mol. The summed E-state index contributed by atoms with van der Waals surface area (Å²) in [6, 6.07) is 4.73. The van der Waals surface area contributed by atoms with Gasteiger partial charge in [-0.2, -0.15) is 5.10 Å². The first-order valence-corrected chi connectivity index (χ1v) is 5.25. The van der Waals surface area contributed by atoms with Crippen LogP contribution in [0.15, 0.2) is 30.6 Å². The molecule has 3 nitrogen and oxygen atoms in total. The monoisotopic (exact) mass is 239 g/mol. The molecule has 1 aromatic heterocycles. The molecule has 0 saturated heterocycles. The van der Waals surface area contributed by atoms with E-state index in [0.717, 1.165) is 11.3 Å². The lowest BCUT2D eigenvalue weighted by Gasteiger charge is -2.14. The number of aromatic nitrogens is 2. The number of aromatic amines is 1. The highest BCUT2D eigenvalue weighted by molar-refractivity contribution is 6.30. The zero-order valence-electron chi connectivity index (χ0n) is 8.67. The topological polar surface area (TPSA) is 40.7 Å². The summed E-state index contributed by atoms with van der Waals surface area (Å²) in [4.78, 5) is 0. The minimum atomic E-state index is -0.402. The van der Waals surface area contributed by atoms with E-state index in [0.29, 0.717) is 0 Å². The van der Waals surface area contributed by atoms with Gasteiger partial charge in [0.15, 0.2) is 0 Å². The highest BCUT2D eigenvalue weighted by Crippen LogP contribution is 2.23. The average Bonchev–Trinajstić information content (AvgIpc) is 2.74. The molecular weight excluding hydrogens is 229 g/mol. The number of hydrogen-bond acceptors (Lipinski definition) is 2. The van der Waals surface area contributed by atoms with Gasteiger partial charge < -0.3 is 5.32 Å². The van der Waals surface area contributed by atoms with Crippen molar-refractivity contribution < 1.29 is 4.39 Å². The van der Waals surface area contributed by atoms with Gasteiger partial charge in [-0.1, -0.05) is 17.7 Å². The predicted octanol–water partition coefficient (Wildman–Crippen LogP) is 3.38. The molecule has 0 amide bonds. The molecule has 0 radical (unpaired) electrons. The van der Waals surface area contributed by atoms with E-state index in [2.05, 4.69) is 15.5 Å². The minimum Gasteiger partial charge on any atom is -0.376 e. The van der Waals surface area contributed by atoms with Gasteiger partial charge in [0.1, 0.15) is 5.82 Å². The summed E-state index contributed by atoms with van der Waals surface area (Å²) in [5.41, 5.74) is 1.81. The van der Waals surface area contributed by atoms with E-state index in [1.807, 2.05) is 6.92 Å². The second kappa shape index (κ2) is 4.53. The Kier molecular flexibility index (Phi) is 3.10. The number of nitrogens with zero attached hydrogens (tertiary/aromatic N) is 1. The summed E-state index contributed by atoms with van der Waals surface area (Å²) in [5.74, 6) is -0.402. The van der Waals surface area contributed by atoms with Gasteiger partial charge in [-0.15, -0.1) is 0 Å². The molecule has 1 heterocycles. The quantitative estimate of drug-likeness (QED) is 0.862. The van der Waals surface area contributed by atoms with Crippen molar-refractivity contribution >= 4 is 17.3 Å². The van der Waals surface area contributed by atoms with Crippen molar-refractivity contribution in [2.24, 2.45) is 0 Å². The Balaban J connectivity index is 2.14. The number of H-pyrrole nitrogens is 1. The molecule has 1 aromatic carbocycles. The Bertz CT molecular complexity index is 470. The molecule has 0 aliphatic rings. The summed E-state index contributed by atoms with van der Waals surface area (Å²) in [6.45, 7) is 1.97. The average molecular weight is 240 g/mol. The van der Waals surface area contributed by atoms with Gasteiger partial charge in [-0.3, -0.25) is 5.10 Å². The van der Waals surface area contributed by atoms with Crippen LogP contribution in [0.25, 0.3) is 0 Å². The van der Waals surface area contributed by atoms with Gasteiger partial charge in [0.2, 0.25) is 0 Å². The second-order valence-electron chi connectivity index (χ2n) is 3.53. The van der Waals surface area contributed by atoms with Gasteiger partial charge in [0, 0.05) is 12.2 Å². The van der Waals surface area contributed by atoms with Crippen LogP contribution in [0, 0.1) is 5.82 Å². The molecule has 0 fully saturated rings. The number of halogens is 2. The largest absolute Gasteiger partial charge is 0.376 e. The molecule has 2 aromatic rings. The number of nitrogens with one attached hydrogen (secondary N) is 2. The first kappa shape index (κ1) is 11.0. The van der Waals surface area contributed by atoms with E-state index in [4.69, 9.17) is 11.6 Å². The molecule has 0 bridgehead atoms. The zero-order chi connectivity index (χ0) is 11.5. The molecule has 84 valence electrons. The molecule has 16 heavy (non-hydrogen) atoms. The lowest BCUT2D eigenvalue weighted by molar-refractivity contribution is 0.627. The van der Waals surface area contributed by atoms with E-state index >= 15 is 0 Å². The number of benzene rings is 1. The third kappa shape index (κ3) is 2.33. The van der Waals surface area contributed by atoms with Crippen LogP contribution in [0.4, 0.5) is 10.1 Å². The van der Waals surface area contributed by atoms with Gasteiger partial charge in [-0.25, -0.2) is 4.39 Å². The fourth-order valence-corrected chi connectivity index (χ4v) is 1.63. The molecule has 1 atom stereocenters. The van der Waals surface area contributed by atoms with Gasteiger partial charge in [0.25, 0.3) is 0 Å². The van der Waals surface area contributed by atoms with Crippen LogP contribution >= 0.6 is 11.6 Å². The Morgan fingerprint density at radius 2 is 2.31 bits per heavy atom. The highest BCUT2D eigenvalue weighted by atomic mass is 35.5. The maximum Gasteiger partial charge on any atom is 0.141 e. The summed E-state index contributed by atoms with van der Waals surface area (Å²) >= 11 is 5.72. The SMILES string of the molecule is CC(Nc1cn[nH]c1)c1ccc(F)c(Cl)c1. The van der Waals surface area contributed by atoms with E-state index in [1.54, 1.807) is 24.5 Å². The van der Waals surface area contributed by atoms with Crippen LogP contribution in [0.5, 0.6) is 0 Å². The third-order valence-corrected chi connectivity index (χ3v) is 2.61. The minimum absolute atomic E-state index is 0.0377. The Labute approximate surface area is 97.6 Å². The zero-order valence-corrected chi connectivity index (χ0v) is 9.42. The number of rotatable bonds is 3. The molecule has 2 rings (SSSR count). The highest BCUT2D eigenvalue weighted by Gasteiger charge is 2.08. The molecule has 0 aliphatic heterocycles. The van der Waals surface area contributed by atoms with Crippen molar-refractivity contribution in [1.29, 1.82) is 0 Å². The Morgan fingerprint density at radius 1 is 1.50 bits per heavy atom. The van der Waals surface area contributed by atoms with Crippen molar-refractivity contribution in [3.8, 4) is 0 Å². The molecule has 0 aliphatic carbocycles. The van der Waals surface area contributed by atoms with Gasteiger partial charge >= 0.3 is 0 Å². The van der Waals surface area contributed by atoms with Crippen molar-refractivity contribution in [3.05, 3.63) is 47.0 Å². The standard InChI is InChI=1S/C11H11ClFN3/c1-7(16-9-5-14-15-6-9)8-2-3-11(13)10(12)4-8/h2-7,16H,1H3,(H,14,15). The van der Waals surface area contributed by atoms with Crippen LogP contribution < -0.4 is 5.32 Å². The molecule has 2 N–H and O–H groups in total. The molecule has 1 unspecified atom stereocenters. The number of anilines is 1. The van der Waals surface area contributed by atoms with Crippen molar-refractivity contribution in [2.75, 3.05) is 5.32 Å². The van der Waals surface area contributed by atoms with Crippen LogP contribution in [-0.4, -0.2) is 10.2 Å². The van der Waals surface area contributed by atoms with E-state index in [1.165, 1.54) is 6.07 Å². The lowest BCUT2D eigenvalue weighted by atomic mass is 10.1. The third-order valence-electron chi connectivity index (χ3n) is 2.33. The molecule has 0 spiro atoms. The van der Waals surface area contributed by atoms with Crippen LogP contribution in [0.1, 0.15) is 18.5 Å². The first-order chi connectivity index (χ1) is 7.66. The maximum absolute atomic E-state index is 13.0. The van der Waals surface area contributed by atoms with Crippen LogP contribution in [0.2, 0.25) is 5.02 Å². The molecule has 5 heteroatoms. The van der Waals surface area contributed by atoms with Crippen LogP contribution in [-0.2, 0) is 0 Å². The lowest BCUT2D eigenvalue weighted by Crippen LogP contribution is -2.06. The summed E-state index contributed by atoms with van der Waals surface area (Å²) in [6.07, 6.45) is 3.43. The van der Waals surface area contributed by atoms with E-state index in [-0.39, 0.29) is 11.1 Å². The van der Waals surface area contributed by atoms with Gasteiger partial charge in [-0.05, 0) is 24.6 Å². The Morgan fingerprint density at radius 3 is 2.94 bits per heavy atom.